The second-order valence-electron chi connectivity index (χ2n) is 6.37. The van der Waals surface area contributed by atoms with Crippen LogP contribution in [0.4, 0.5) is 0 Å². The molecule has 0 radical (unpaired) electrons. The first-order valence-corrected chi connectivity index (χ1v) is 8.17. The number of hydrogen-bond acceptors (Lipinski definition) is 3. The largest absolute Gasteiger partial charge is 0.350 e. The summed E-state index contributed by atoms with van der Waals surface area (Å²) in [5, 5.41) is 3.99. The first kappa shape index (κ1) is 14.2. The summed E-state index contributed by atoms with van der Waals surface area (Å²) in [6, 6.07) is 9.59. The summed E-state index contributed by atoms with van der Waals surface area (Å²) in [6.45, 7) is 0.158. The van der Waals surface area contributed by atoms with Crippen LogP contribution in [-0.2, 0) is 4.79 Å². The average molecular weight is 309 g/mol. The third kappa shape index (κ3) is 2.56. The smallest absolute Gasteiger partial charge is 0.254 e. The highest BCUT2D eigenvalue weighted by Crippen LogP contribution is 2.27. The van der Waals surface area contributed by atoms with Crippen LogP contribution in [0, 0.1) is 0 Å². The van der Waals surface area contributed by atoms with Gasteiger partial charge in [0.05, 0.1) is 11.6 Å². The summed E-state index contributed by atoms with van der Waals surface area (Å²) in [5.74, 6) is -0.105. The highest BCUT2D eigenvalue weighted by atomic mass is 16.2. The number of rotatable bonds is 1. The summed E-state index contributed by atoms with van der Waals surface area (Å²) in [5.41, 5.74) is 1.50. The fourth-order valence-corrected chi connectivity index (χ4v) is 3.77. The molecule has 4 rings (SSSR count). The Labute approximate surface area is 134 Å². The molecule has 118 valence electrons. The number of nitrogens with zero attached hydrogens (tertiary/aromatic N) is 2. The van der Waals surface area contributed by atoms with Crippen molar-refractivity contribution in [3.63, 3.8) is 0 Å². The lowest BCUT2D eigenvalue weighted by Gasteiger charge is -2.44. The van der Waals surface area contributed by atoms with E-state index in [4.69, 9.17) is 0 Å². The fourth-order valence-electron chi connectivity index (χ4n) is 3.77. The monoisotopic (exact) mass is 309 g/mol. The number of hydrogen-bond donors (Lipinski definition) is 1. The van der Waals surface area contributed by atoms with E-state index in [1.54, 1.807) is 11.1 Å². The van der Waals surface area contributed by atoms with Crippen LogP contribution in [0.1, 0.15) is 36.0 Å². The van der Waals surface area contributed by atoms with E-state index in [-0.39, 0.29) is 30.4 Å². The summed E-state index contributed by atoms with van der Waals surface area (Å²) >= 11 is 0. The van der Waals surface area contributed by atoms with E-state index in [1.165, 1.54) is 0 Å². The second-order valence-corrected chi connectivity index (χ2v) is 6.37. The van der Waals surface area contributed by atoms with Gasteiger partial charge in [-0.2, -0.15) is 0 Å². The zero-order valence-electron chi connectivity index (χ0n) is 12.9. The van der Waals surface area contributed by atoms with E-state index in [0.717, 1.165) is 36.6 Å². The number of carbonyl (C=O) groups is 2. The Balaban J connectivity index is 1.66. The zero-order chi connectivity index (χ0) is 15.8. The molecule has 2 aliphatic rings. The van der Waals surface area contributed by atoms with Gasteiger partial charge < -0.3 is 10.2 Å². The maximum atomic E-state index is 13.0. The minimum absolute atomic E-state index is 0.0519. The number of nitrogens with one attached hydrogen (secondary N) is 1. The quantitative estimate of drug-likeness (QED) is 0.877. The molecule has 0 spiro atoms. The molecule has 0 bridgehead atoms. The molecule has 5 heteroatoms. The van der Waals surface area contributed by atoms with Crippen LogP contribution in [0.25, 0.3) is 10.9 Å². The molecule has 5 nitrogen and oxygen atoms in total. The van der Waals surface area contributed by atoms with Crippen LogP contribution >= 0.6 is 0 Å². The van der Waals surface area contributed by atoms with Crippen LogP contribution in [0.2, 0.25) is 0 Å². The highest BCUT2D eigenvalue weighted by molar-refractivity contribution is 6.00. The number of carbonyl (C=O) groups excluding carboxylic acids is 2. The molecular formula is C18H19N3O2. The van der Waals surface area contributed by atoms with E-state index in [0.29, 0.717) is 5.56 Å². The number of aromatic nitrogens is 1. The Bertz CT molecular complexity index is 774. The summed E-state index contributed by atoms with van der Waals surface area (Å²) in [7, 11) is 0. The Morgan fingerprint density at radius 3 is 3.00 bits per heavy atom. The molecule has 2 heterocycles. The predicted octanol–water partition coefficient (Wildman–Crippen LogP) is 2.12. The summed E-state index contributed by atoms with van der Waals surface area (Å²) in [6.07, 6.45) is 5.90. The summed E-state index contributed by atoms with van der Waals surface area (Å²) in [4.78, 5) is 31.0. The van der Waals surface area contributed by atoms with Gasteiger partial charge in [-0.25, -0.2) is 0 Å². The van der Waals surface area contributed by atoms with Crippen molar-refractivity contribution in [3.05, 3.63) is 42.1 Å². The topological polar surface area (TPSA) is 62.3 Å². The summed E-state index contributed by atoms with van der Waals surface area (Å²) < 4.78 is 0. The van der Waals surface area contributed by atoms with E-state index >= 15 is 0 Å². The Morgan fingerprint density at radius 2 is 2.09 bits per heavy atom. The van der Waals surface area contributed by atoms with E-state index in [9.17, 15) is 9.59 Å². The molecule has 2 atom stereocenters. The van der Waals surface area contributed by atoms with Crippen LogP contribution < -0.4 is 5.32 Å². The van der Waals surface area contributed by atoms with Gasteiger partial charge in [0.2, 0.25) is 5.91 Å². The second kappa shape index (κ2) is 5.65. The molecular weight excluding hydrogens is 290 g/mol. The molecule has 1 aliphatic heterocycles. The third-order valence-corrected chi connectivity index (χ3v) is 4.90. The molecule has 2 fully saturated rings. The van der Waals surface area contributed by atoms with E-state index < -0.39 is 0 Å². The minimum atomic E-state index is -0.0532. The number of piperazine rings is 1. The van der Waals surface area contributed by atoms with Gasteiger partial charge in [-0.1, -0.05) is 18.9 Å². The molecule has 1 aromatic carbocycles. The Kier molecular flexibility index (Phi) is 3.48. The van der Waals surface area contributed by atoms with Gasteiger partial charge >= 0.3 is 0 Å². The lowest BCUT2D eigenvalue weighted by Crippen LogP contribution is -2.62. The molecule has 1 aliphatic carbocycles. The van der Waals surface area contributed by atoms with Crippen molar-refractivity contribution in [2.45, 2.75) is 37.8 Å². The minimum Gasteiger partial charge on any atom is -0.350 e. The third-order valence-electron chi connectivity index (χ3n) is 4.90. The van der Waals surface area contributed by atoms with Crippen molar-refractivity contribution in [2.24, 2.45) is 0 Å². The van der Waals surface area contributed by atoms with Crippen LogP contribution in [0.15, 0.2) is 36.5 Å². The number of pyridine rings is 1. The average Bonchev–Trinajstić information content (AvgIpc) is 2.60. The standard InChI is InChI=1S/C18H19N3O2/c22-17-11-21(16-6-2-1-5-15(16)20-17)18(23)13-7-8-14-12(10-13)4-3-9-19-14/h3-4,7-10,15-16H,1-2,5-6,11H2,(H,20,22)/t15-,16+/m0/s1. The molecule has 1 saturated heterocycles. The fraction of sp³-hybridized carbons (Fsp3) is 0.389. The van der Waals surface area contributed by atoms with Gasteiger partial charge in [-0.05, 0) is 37.1 Å². The van der Waals surface area contributed by atoms with E-state index in [2.05, 4.69) is 10.3 Å². The first-order chi connectivity index (χ1) is 11.2. The van der Waals surface area contributed by atoms with Crippen LogP contribution in [0.3, 0.4) is 0 Å². The van der Waals surface area contributed by atoms with Gasteiger partial charge in [0.1, 0.15) is 6.54 Å². The molecule has 1 saturated carbocycles. The van der Waals surface area contributed by atoms with Gasteiger partial charge in [0.15, 0.2) is 0 Å². The first-order valence-electron chi connectivity index (χ1n) is 8.17. The van der Waals surface area contributed by atoms with Crippen LogP contribution in [-0.4, -0.2) is 40.3 Å². The van der Waals surface area contributed by atoms with Crippen molar-refractivity contribution >= 4 is 22.7 Å². The Hall–Kier alpha value is -2.43. The molecule has 0 unspecified atom stereocenters. The van der Waals surface area contributed by atoms with Crippen molar-refractivity contribution in [1.29, 1.82) is 0 Å². The lowest BCUT2D eigenvalue weighted by atomic mass is 9.87. The van der Waals surface area contributed by atoms with Gasteiger partial charge in [-0.15, -0.1) is 0 Å². The maximum Gasteiger partial charge on any atom is 0.254 e. The van der Waals surface area contributed by atoms with Crippen molar-refractivity contribution < 1.29 is 9.59 Å². The molecule has 1 aromatic heterocycles. The van der Waals surface area contributed by atoms with Crippen molar-refractivity contribution in [2.75, 3.05) is 6.54 Å². The van der Waals surface area contributed by atoms with Crippen molar-refractivity contribution in [3.8, 4) is 0 Å². The number of fused-ring (bicyclic) bond motifs is 2. The maximum absolute atomic E-state index is 13.0. The molecule has 2 amide bonds. The molecule has 23 heavy (non-hydrogen) atoms. The van der Waals surface area contributed by atoms with E-state index in [1.807, 2.05) is 30.3 Å². The van der Waals surface area contributed by atoms with Crippen LogP contribution in [0.5, 0.6) is 0 Å². The number of amides is 2. The Morgan fingerprint density at radius 1 is 1.22 bits per heavy atom. The highest BCUT2D eigenvalue weighted by Gasteiger charge is 2.39. The molecule has 2 aromatic rings. The lowest BCUT2D eigenvalue weighted by molar-refractivity contribution is -0.127. The van der Waals surface area contributed by atoms with Gasteiger partial charge in [0.25, 0.3) is 5.91 Å². The SMILES string of the molecule is O=C1CN(C(=O)c2ccc3ncccc3c2)[C@@H]2CCCC[C@@H]2N1. The van der Waals surface area contributed by atoms with Gasteiger partial charge in [0, 0.05) is 23.2 Å². The number of benzene rings is 1. The van der Waals surface area contributed by atoms with Gasteiger partial charge in [-0.3, -0.25) is 14.6 Å². The molecule has 1 N–H and O–H groups in total. The predicted molar refractivity (Wildman–Crippen MR) is 87.0 cm³/mol. The zero-order valence-corrected chi connectivity index (χ0v) is 12.9. The van der Waals surface area contributed by atoms with Crippen molar-refractivity contribution in [1.82, 2.24) is 15.2 Å². The normalized spacial score (nSPS) is 24.2.